The zero-order valence-electron chi connectivity index (χ0n) is 14.9. The van der Waals surface area contributed by atoms with Crippen LogP contribution in [0.1, 0.15) is 21.5 Å². The largest absolute Gasteiger partial charge is 0.272 e. The molecule has 0 spiro atoms. The van der Waals surface area contributed by atoms with E-state index in [1.807, 2.05) is 19.1 Å². The van der Waals surface area contributed by atoms with Gasteiger partial charge in [-0.2, -0.15) is 4.31 Å². The minimum absolute atomic E-state index is 0.0661. The lowest BCUT2D eigenvalue weighted by atomic mass is 10.1. The van der Waals surface area contributed by atoms with Gasteiger partial charge >= 0.3 is 0 Å². The molecule has 0 unspecified atom stereocenters. The Morgan fingerprint density at radius 2 is 1.52 bits per heavy atom. The highest BCUT2D eigenvalue weighted by Crippen LogP contribution is 2.30. The predicted octanol–water partition coefficient (Wildman–Crippen LogP) is 5.10. The number of aryl methyl sites for hydroxylation is 2. The maximum Gasteiger partial charge on any atom is 0.272 e. The van der Waals surface area contributed by atoms with Crippen molar-refractivity contribution in [2.24, 2.45) is 0 Å². The smallest absolute Gasteiger partial charge is 0.268 e. The van der Waals surface area contributed by atoms with Crippen molar-refractivity contribution >= 4 is 37.5 Å². The molecular weight excluding hydrogens is 426 g/mol. The molecule has 0 N–H and O–H groups in total. The van der Waals surface area contributed by atoms with Gasteiger partial charge in [0.25, 0.3) is 15.9 Å². The quantitative estimate of drug-likeness (QED) is 0.563. The van der Waals surface area contributed by atoms with Crippen LogP contribution in [0.5, 0.6) is 0 Å². The molecule has 3 aromatic carbocycles. The number of nitrogens with zero attached hydrogens (tertiary/aromatic N) is 1. The lowest BCUT2D eigenvalue weighted by molar-refractivity contribution is 0.100. The fourth-order valence-electron chi connectivity index (χ4n) is 2.69. The monoisotopic (exact) mass is 443 g/mol. The summed E-state index contributed by atoms with van der Waals surface area (Å²) in [6.07, 6.45) is 0. The van der Waals surface area contributed by atoms with Gasteiger partial charge in [0, 0.05) is 10.0 Å². The summed E-state index contributed by atoms with van der Waals surface area (Å²) in [5.41, 5.74) is 2.21. The number of benzene rings is 3. The normalized spacial score (nSPS) is 11.2. The highest BCUT2D eigenvalue weighted by Gasteiger charge is 2.32. The fraction of sp³-hybridized carbons (Fsp3) is 0.0952. The molecule has 6 heteroatoms. The second-order valence-electron chi connectivity index (χ2n) is 6.18. The molecule has 0 saturated heterocycles. The minimum atomic E-state index is -4.08. The lowest BCUT2D eigenvalue weighted by Gasteiger charge is -2.25. The third-order valence-corrected chi connectivity index (χ3v) is 6.38. The Hall–Kier alpha value is -2.44. The molecule has 3 rings (SSSR count). The molecule has 27 heavy (non-hydrogen) atoms. The van der Waals surface area contributed by atoms with Gasteiger partial charge < -0.3 is 0 Å². The third-order valence-electron chi connectivity index (χ3n) is 4.14. The van der Waals surface area contributed by atoms with Gasteiger partial charge in [0.15, 0.2) is 0 Å². The number of rotatable bonds is 4. The first-order valence-corrected chi connectivity index (χ1v) is 10.5. The van der Waals surface area contributed by atoms with Gasteiger partial charge in [-0.25, -0.2) is 8.42 Å². The molecule has 0 heterocycles. The summed E-state index contributed by atoms with van der Waals surface area (Å²) >= 11 is 3.33. The molecule has 0 aliphatic carbocycles. The van der Waals surface area contributed by atoms with E-state index in [1.54, 1.807) is 55.5 Å². The van der Waals surface area contributed by atoms with Crippen molar-refractivity contribution in [2.75, 3.05) is 4.31 Å². The van der Waals surface area contributed by atoms with E-state index in [1.165, 1.54) is 12.1 Å². The Kier molecular flexibility index (Phi) is 5.48. The van der Waals surface area contributed by atoms with E-state index in [9.17, 15) is 13.2 Å². The first-order valence-electron chi connectivity index (χ1n) is 8.28. The van der Waals surface area contributed by atoms with Crippen molar-refractivity contribution in [2.45, 2.75) is 18.7 Å². The highest BCUT2D eigenvalue weighted by atomic mass is 79.9. The molecule has 138 valence electrons. The Morgan fingerprint density at radius 1 is 0.889 bits per heavy atom. The lowest BCUT2D eigenvalue weighted by Crippen LogP contribution is -2.37. The Morgan fingerprint density at radius 3 is 2.15 bits per heavy atom. The summed E-state index contributed by atoms with van der Waals surface area (Å²) < 4.78 is 28.5. The molecule has 0 atom stereocenters. The molecule has 4 nitrogen and oxygen atoms in total. The summed E-state index contributed by atoms with van der Waals surface area (Å²) in [5, 5.41) is 0. The molecule has 0 saturated carbocycles. The van der Waals surface area contributed by atoms with Crippen LogP contribution in [-0.2, 0) is 10.0 Å². The average Bonchev–Trinajstić information content (AvgIpc) is 2.66. The van der Waals surface area contributed by atoms with Gasteiger partial charge in [0.2, 0.25) is 0 Å². The van der Waals surface area contributed by atoms with E-state index in [0.29, 0.717) is 16.8 Å². The predicted molar refractivity (Wildman–Crippen MR) is 110 cm³/mol. The topological polar surface area (TPSA) is 54.5 Å². The summed E-state index contributed by atoms with van der Waals surface area (Å²) in [6.45, 7) is 3.65. The molecule has 0 radical (unpaired) electrons. The standard InChI is InChI=1S/C21H18BrNO3S/c1-15-8-9-16(2)20(14-15)23(21(24)17-10-12-18(22)13-11-17)27(25,26)19-6-4-3-5-7-19/h3-14H,1-2H3. The van der Waals surface area contributed by atoms with Crippen LogP contribution < -0.4 is 4.31 Å². The second-order valence-corrected chi connectivity index (χ2v) is 8.89. The van der Waals surface area contributed by atoms with E-state index >= 15 is 0 Å². The van der Waals surface area contributed by atoms with Crippen molar-refractivity contribution in [1.82, 2.24) is 0 Å². The van der Waals surface area contributed by atoms with Crippen LogP contribution in [0.4, 0.5) is 5.69 Å². The van der Waals surface area contributed by atoms with Crippen LogP contribution in [0, 0.1) is 13.8 Å². The van der Waals surface area contributed by atoms with Crippen LogP contribution in [0.3, 0.4) is 0 Å². The summed E-state index contributed by atoms with van der Waals surface area (Å²) in [4.78, 5) is 13.3. The minimum Gasteiger partial charge on any atom is -0.268 e. The van der Waals surface area contributed by atoms with Gasteiger partial charge in [-0.15, -0.1) is 0 Å². The molecule has 1 amide bonds. The van der Waals surface area contributed by atoms with Crippen LogP contribution >= 0.6 is 15.9 Å². The summed E-state index contributed by atoms with van der Waals surface area (Å²) in [5.74, 6) is -0.597. The van der Waals surface area contributed by atoms with Gasteiger partial charge in [-0.05, 0) is 67.4 Å². The maximum atomic E-state index is 13.4. The van der Waals surface area contributed by atoms with Crippen molar-refractivity contribution < 1.29 is 13.2 Å². The number of carbonyl (C=O) groups is 1. The van der Waals surface area contributed by atoms with Gasteiger partial charge in [-0.3, -0.25) is 4.79 Å². The van der Waals surface area contributed by atoms with Crippen LogP contribution in [0.25, 0.3) is 0 Å². The Bertz CT molecular complexity index is 1080. The SMILES string of the molecule is Cc1ccc(C)c(N(C(=O)c2ccc(Br)cc2)S(=O)(=O)c2ccccc2)c1. The number of halogens is 1. The Balaban J connectivity index is 2.22. The molecule has 0 bridgehead atoms. The highest BCUT2D eigenvalue weighted by molar-refractivity contribution is 9.10. The van der Waals surface area contributed by atoms with Crippen molar-refractivity contribution in [1.29, 1.82) is 0 Å². The van der Waals surface area contributed by atoms with Crippen LogP contribution in [0.2, 0.25) is 0 Å². The number of anilines is 1. The number of hydrogen-bond donors (Lipinski definition) is 0. The van der Waals surface area contributed by atoms with Gasteiger partial charge in [-0.1, -0.05) is 46.3 Å². The molecule has 0 aliphatic rings. The van der Waals surface area contributed by atoms with E-state index in [0.717, 1.165) is 14.3 Å². The second kappa shape index (κ2) is 7.66. The number of carbonyl (C=O) groups excluding carboxylic acids is 1. The zero-order chi connectivity index (χ0) is 19.6. The van der Waals surface area contributed by atoms with Gasteiger partial charge in [0.05, 0.1) is 10.6 Å². The van der Waals surface area contributed by atoms with E-state index in [4.69, 9.17) is 0 Å². The molecule has 0 fully saturated rings. The average molecular weight is 444 g/mol. The van der Waals surface area contributed by atoms with Crippen molar-refractivity contribution in [3.63, 3.8) is 0 Å². The van der Waals surface area contributed by atoms with E-state index in [2.05, 4.69) is 15.9 Å². The molecular formula is C21H18BrNO3S. The molecule has 0 aliphatic heterocycles. The van der Waals surface area contributed by atoms with Crippen LogP contribution in [-0.4, -0.2) is 14.3 Å². The van der Waals surface area contributed by atoms with Gasteiger partial charge in [0.1, 0.15) is 0 Å². The van der Waals surface area contributed by atoms with Crippen molar-refractivity contribution in [3.05, 3.63) is 94.0 Å². The summed E-state index contributed by atoms with van der Waals surface area (Å²) in [7, 11) is -4.08. The van der Waals surface area contributed by atoms with Crippen LogP contribution in [0.15, 0.2) is 82.2 Å². The van der Waals surface area contributed by atoms with Crippen molar-refractivity contribution in [3.8, 4) is 0 Å². The van der Waals surface area contributed by atoms with E-state index in [-0.39, 0.29) is 4.90 Å². The molecule has 0 aromatic heterocycles. The Labute approximate surface area is 167 Å². The fourth-order valence-corrected chi connectivity index (χ4v) is 4.45. The van der Waals surface area contributed by atoms with E-state index < -0.39 is 15.9 Å². The third kappa shape index (κ3) is 3.96. The summed E-state index contributed by atoms with van der Waals surface area (Å²) in [6, 6.07) is 20.0. The number of amides is 1. The molecule has 3 aromatic rings. The first kappa shape index (κ1) is 19.3. The number of hydrogen-bond acceptors (Lipinski definition) is 3. The zero-order valence-corrected chi connectivity index (χ0v) is 17.3. The maximum absolute atomic E-state index is 13.4. The first-order chi connectivity index (χ1) is 12.8. The number of sulfonamides is 1.